The standard InChI is InChI=1S/C22H19Cl3N2O2/c1-2-28-22-10-15(13-26-27-19-5-3-4-17(23)11-19)6-9-21(22)29-14-16-7-8-18(24)12-20(16)25/h3-13,27H,2,14H2,1H3. The molecule has 0 amide bonds. The van der Waals surface area contributed by atoms with E-state index in [1.165, 1.54) is 0 Å². The Morgan fingerprint density at radius 2 is 1.72 bits per heavy atom. The average molecular weight is 450 g/mol. The number of hydrogen-bond acceptors (Lipinski definition) is 4. The smallest absolute Gasteiger partial charge is 0.161 e. The predicted octanol–water partition coefficient (Wildman–Crippen LogP) is 7.07. The largest absolute Gasteiger partial charge is 0.490 e. The lowest BCUT2D eigenvalue weighted by Gasteiger charge is -2.13. The molecule has 0 heterocycles. The first kappa shape index (κ1) is 21.3. The second-order valence-corrected chi connectivity index (χ2v) is 7.32. The quantitative estimate of drug-likeness (QED) is 0.295. The number of nitrogens with one attached hydrogen (secondary N) is 1. The minimum Gasteiger partial charge on any atom is -0.490 e. The molecule has 0 radical (unpaired) electrons. The van der Waals surface area contributed by atoms with Crippen molar-refractivity contribution in [2.75, 3.05) is 12.0 Å². The van der Waals surface area contributed by atoms with Crippen molar-refractivity contribution in [1.82, 2.24) is 0 Å². The van der Waals surface area contributed by atoms with Crippen LogP contribution in [0.4, 0.5) is 5.69 Å². The average Bonchev–Trinajstić information content (AvgIpc) is 2.69. The van der Waals surface area contributed by atoms with Gasteiger partial charge in [-0.05, 0) is 61.0 Å². The van der Waals surface area contributed by atoms with Crippen molar-refractivity contribution >= 4 is 46.7 Å². The summed E-state index contributed by atoms with van der Waals surface area (Å²) in [6.07, 6.45) is 1.70. The second kappa shape index (κ2) is 10.4. The number of rotatable bonds is 8. The minimum atomic E-state index is 0.305. The second-order valence-electron chi connectivity index (χ2n) is 6.04. The summed E-state index contributed by atoms with van der Waals surface area (Å²) in [6, 6.07) is 18.3. The lowest BCUT2D eigenvalue weighted by molar-refractivity contribution is 0.269. The Hall–Kier alpha value is -2.40. The van der Waals surface area contributed by atoms with Crippen molar-refractivity contribution in [3.05, 3.63) is 86.9 Å². The first-order chi connectivity index (χ1) is 14.0. The molecule has 150 valence electrons. The van der Waals surface area contributed by atoms with Gasteiger partial charge in [-0.2, -0.15) is 5.10 Å². The minimum absolute atomic E-state index is 0.305. The molecule has 29 heavy (non-hydrogen) atoms. The van der Waals surface area contributed by atoms with Crippen molar-refractivity contribution in [2.24, 2.45) is 5.10 Å². The van der Waals surface area contributed by atoms with Crippen molar-refractivity contribution in [2.45, 2.75) is 13.5 Å². The van der Waals surface area contributed by atoms with Crippen LogP contribution in [0.15, 0.2) is 65.8 Å². The monoisotopic (exact) mass is 448 g/mol. The van der Waals surface area contributed by atoms with Gasteiger partial charge in [0.05, 0.1) is 18.5 Å². The van der Waals surface area contributed by atoms with Gasteiger partial charge in [-0.25, -0.2) is 0 Å². The van der Waals surface area contributed by atoms with Gasteiger partial charge in [0.1, 0.15) is 6.61 Å². The van der Waals surface area contributed by atoms with Gasteiger partial charge in [-0.15, -0.1) is 0 Å². The van der Waals surface area contributed by atoms with E-state index < -0.39 is 0 Å². The first-order valence-corrected chi connectivity index (χ1v) is 10.1. The van der Waals surface area contributed by atoms with Crippen LogP contribution < -0.4 is 14.9 Å². The topological polar surface area (TPSA) is 42.8 Å². The van der Waals surface area contributed by atoms with Crippen molar-refractivity contribution in [3.8, 4) is 11.5 Å². The molecule has 0 saturated carbocycles. The van der Waals surface area contributed by atoms with Crippen LogP contribution in [0.5, 0.6) is 11.5 Å². The van der Waals surface area contributed by atoms with Gasteiger partial charge in [-0.3, -0.25) is 5.43 Å². The van der Waals surface area contributed by atoms with Gasteiger partial charge >= 0.3 is 0 Å². The molecule has 0 unspecified atom stereocenters. The molecule has 1 N–H and O–H groups in total. The summed E-state index contributed by atoms with van der Waals surface area (Å²) >= 11 is 18.1. The number of ether oxygens (including phenoxy) is 2. The number of anilines is 1. The number of hydrogen-bond donors (Lipinski definition) is 1. The van der Waals surface area contributed by atoms with Gasteiger partial charge in [0.15, 0.2) is 11.5 Å². The zero-order valence-electron chi connectivity index (χ0n) is 15.7. The van der Waals surface area contributed by atoms with E-state index in [0.29, 0.717) is 39.8 Å². The molecule has 0 aliphatic rings. The summed E-state index contributed by atoms with van der Waals surface area (Å²) in [6.45, 7) is 2.74. The van der Waals surface area contributed by atoms with E-state index >= 15 is 0 Å². The maximum Gasteiger partial charge on any atom is 0.161 e. The summed E-state index contributed by atoms with van der Waals surface area (Å²) in [5, 5.41) is 6.03. The molecule has 3 aromatic rings. The Morgan fingerprint density at radius 3 is 2.48 bits per heavy atom. The van der Waals surface area contributed by atoms with Crippen LogP contribution >= 0.6 is 34.8 Å². The zero-order chi connectivity index (χ0) is 20.6. The summed E-state index contributed by atoms with van der Waals surface area (Å²) in [5.74, 6) is 1.25. The molecule has 0 spiro atoms. The molecule has 3 aromatic carbocycles. The molecule has 0 aliphatic carbocycles. The van der Waals surface area contributed by atoms with E-state index in [9.17, 15) is 0 Å². The lowest BCUT2D eigenvalue weighted by Crippen LogP contribution is -2.01. The van der Waals surface area contributed by atoms with E-state index in [2.05, 4.69) is 10.5 Å². The van der Waals surface area contributed by atoms with Crippen LogP contribution in [-0.2, 0) is 6.61 Å². The highest BCUT2D eigenvalue weighted by Gasteiger charge is 2.08. The molecule has 0 fully saturated rings. The maximum atomic E-state index is 6.21. The van der Waals surface area contributed by atoms with E-state index in [4.69, 9.17) is 44.3 Å². The highest BCUT2D eigenvalue weighted by Crippen LogP contribution is 2.30. The Bertz CT molecular complexity index is 1010. The van der Waals surface area contributed by atoms with Gasteiger partial charge in [0, 0.05) is 20.6 Å². The summed E-state index contributed by atoms with van der Waals surface area (Å²) in [5.41, 5.74) is 5.45. The van der Waals surface area contributed by atoms with E-state index in [-0.39, 0.29) is 0 Å². The third-order valence-electron chi connectivity index (χ3n) is 3.90. The van der Waals surface area contributed by atoms with E-state index in [1.54, 1.807) is 30.5 Å². The third kappa shape index (κ3) is 6.29. The molecule has 0 bridgehead atoms. The Balaban J connectivity index is 1.69. The highest BCUT2D eigenvalue weighted by molar-refractivity contribution is 6.35. The number of benzene rings is 3. The lowest BCUT2D eigenvalue weighted by atomic mass is 10.2. The highest BCUT2D eigenvalue weighted by atomic mass is 35.5. The summed E-state index contributed by atoms with van der Waals surface area (Å²) in [4.78, 5) is 0. The molecule has 0 aromatic heterocycles. The van der Waals surface area contributed by atoms with Gasteiger partial charge in [-0.1, -0.05) is 46.9 Å². The Labute approximate surface area is 185 Å². The summed E-state index contributed by atoms with van der Waals surface area (Å²) < 4.78 is 11.6. The number of halogens is 3. The Morgan fingerprint density at radius 1 is 0.897 bits per heavy atom. The Kier molecular flexibility index (Phi) is 7.64. The zero-order valence-corrected chi connectivity index (χ0v) is 17.9. The fourth-order valence-electron chi connectivity index (χ4n) is 2.53. The van der Waals surface area contributed by atoms with Crippen LogP contribution in [0.25, 0.3) is 0 Å². The molecule has 0 atom stereocenters. The molecule has 3 rings (SSSR count). The third-order valence-corrected chi connectivity index (χ3v) is 4.72. The normalized spacial score (nSPS) is 10.9. The van der Waals surface area contributed by atoms with Crippen molar-refractivity contribution in [3.63, 3.8) is 0 Å². The van der Waals surface area contributed by atoms with Crippen LogP contribution in [0.1, 0.15) is 18.1 Å². The van der Waals surface area contributed by atoms with Gasteiger partial charge in [0.25, 0.3) is 0 Å². The van der Waals surface area contributed by atoms with Crippen LogP contribution in [0, 0.1) is 0 Å². The molecular weight excluding hydrogens is 431 g/mol. The SMILES string of the molecule is CCOc1cc(C=NNc2cccc(Cl)c2)ccc1OCc1ccc(Cl)cc1Cl. The first-order valence-electron chi connectivity index (χ1n) is 8.93. The van der Waals surface area contributed by atoms with Crippen molar-refractivity contribution < 1.29 is 9.47 Å². The molecule has 0 saturated heterocycles. The van der Waals surface area contributed by atoms with Gasteiger partial charge < -0.3 is 9.47 Å². The predicted molar refractivity (Wildman–Crippen MR) is 121 cm³/mol. The van der Waals surface area contributed by atoms with Crippen LogP contribution in [-0.4, -0.2) is 12.8 Å². The van der Waals surface area contributed by atoms with Gasteiger partial charge in [0.2, 0.25) is 0 Å². The number of nitrogens with zero attached hydrogens (tertiary/aromatic N) is 1. The van der Waals surface area contributed by atoms with Crippen LogP contribution in [0.3, 0.4) is 0 Å². The molecule has 0 aliphatic heterocycles. The fraction of sp³-hybridized carbons (Fsp3) is 0.136. The van der Waals surface area contributed by atoms with E-state index in [1.807, 2.05) is 43.3 Å². The molecular formula is C22H19Cl3N2O2. The molecule has 4 nitrogen and oxygen atoms in total. The fourth-order valence-corrected chi connectivity index (χ4v) is 3.18. The number of hydrazone groups is 1. The van der Waals surface area contributed by atoms with Crippen LogP contribution in [0.2, 0.25) is 15.1 Å². The summed E-state index contributed by atoms with van der Waals surface area (Å²) in [7, 11) is 0. The van der Waals surface area contributed by atoms with E-state index in [0.717, 1.165) is 16.8 Å². The van der Waals surface area contributed by atoms with Crippen molar-refractivity contribution in [1.29, 1.82) is 0 Å². The molecule has 7 heteroatoms. The maximum absolute atomic E-state index is 6.21.